The van der Waals surface area contributed by atoms with Crippen molar-refractivity contribution in [3.05, 3.63) is 35.2 Å². The van der Waals surface area contributed by atoms with Crippen molar-refractivity contribution in [2.75, 3.05) is 49.6 Å². The van der Waals surface area contributed by atoms with E-state index in [1.165, 1.54) is 10.7 Å². The molecule has 0 spiro atoms. The monoisotopic (exact) mass is 462 g/mol. The van der Waals surface area contributed by atoms with Gasteiger partial charge in [0.1, 0.15) is 5.76 Å². The fourth-order valence-electron chi connectivity index (χ4n) is 4.23. The Kier molecular flexibility index (Phi) is 6.82. The number of ether oxygens (including phenoxy) is 1. The number of piperidine rings is 1. The van der Waals surface area contributed by atoms with E-state index in [9.17, 15) is 13.2 Å². The molecule has 0 saturated carbocycles. The summed E-state index contributed by atoms with van der Waals surface area (Å²) in [5.74, 6) is 0.371. The maximum Gasteiger partial charge on any atom is 0.243 e. The number of benzene rings is 1. The first kappa shape index (κ1) is 22.8. The smallest absolute Gasteiger partial charge is 0.243 e. The molecular formula is C22H30N4O5S. The van der Waals surface area contributed by atoms with Gasteiger partial charge in [-0.1, -0.05) is 5.16 Å². The molecule has 9 nitrogen and oxygen atoms in total. The van der Waals surface area contributed by atoms with Crippen LogP contribution < -0.4 is 10.2 Å². The fourth-order valence-corrected chi connectivity index (χ4v) is 5.67. The van der Waals surface area contributed by atoms with Crippen LogP contribution in [0.3, 0.4) is 0 Å². The number of hydrogen-bond donors (Lipinski definition) is 1. The van der Waals surface area contributed by atoms with Crippen LogP contribution in [0.5, 0.6) is 0 Å². The van der Waals surface area contributed by atoms with Crippen molar-refractivity contribution in [1.82, 2.24) is 9.46 Å². The Balaban J connectivity index is 1.63. The molecule has 0 unspecified atom stereocenters. The summed E-state index contributed by atoms with van der Waals surface area (Å²) in [6.07, 6.45) is 3.43. The Labute approximate surface area is 188 Å². The minimum Gasteiger partial charge on any atom is -0.379 e. The molecular weight excluding hydrogens is 432 g/mol. The summed E-state index contributed by atoms with van der Waals surface area (Å²) in [6, 6.07) is 5.03. The molecule has 1 aromatic heterocycles. The quantitative estimate of drug-likeness (QED) is 0.703. The third kappa shape index (κ3) is 4.82. The lowest BCUT2D eigenvalue weighted by molar-refractivity contribution is -0.115. The van der Waals surface area contributed by atoms with Gasteiger partial charge >= 0.3 is 0 Å². The number of morpholine rings is 1. The molecule has 0 atom stereocenters. The van der Waals surface area contributed by atoms with Crippen LogP contribution in [0.4, 0.5) is 11.4 Å². The summed E-state index contributed by atoms with van der Waals surface area (Å²) in [5, 5.41) is 6.87. The Hall–Kier alpha value is -2.43. The van der Waals surface area contributed by atoms with Crippen molar-refractivity contribution in [1.29, 1.82) is 0 Å². The molecule has 2 fully saturated rings. The summed E-state index contributed by atoms with van der Waals surface area (Å²) in [5.41, 5.74) is 2.78. The number of anilines is 2. The van der Waals surface area contributed by atoms with Gasteiger partial charge in [-0.3, -0.25) is 4.79 Å². The van der Waals surface area contributed by atoms with Crippen LogP contribution in [0, 0.1) is 13.8 Å². The fraction of sp³-hybridized carbons (Fsp3) is 0.545. The van der Waals surface area contributed by atoms with Gasteiger partial charge in [-0.25, -0.2) is 8.42 Å². The molecule has 3 heterocycles. The maximum atomic E-state index is 13.2. The molecule has 2 aliphatic rings. The van der Waals surface area contributed by atoms with Gasteiger partial charge in [0.25, 0.3) is 0 Å². The van der Waals surface area contributed by atoms with Crippen molar-refractivity contribution in [2.45, 2.75) is 44.4 Å². The van der Waals surface area contributed by atoms with E-state index >= 15 is 0 Å². The number of rotatable bonds is 6. The van der Waals surface area contributed by atoms with Crippen molar-refractivity contribution >= 4 is 27.3 Å². The third-order valence-electron chi connectivity index (χ3n) is 6.07. The molecule has 174 valence electrons. The Bertz CT molecular complexity index is 1050. The predicted octanol–water partition coefficient (Wildman–Crippen LogP) is 2.48. The number of hydrogen-bond acceptors (Lipinski definition) is 7. The highest BCUT2D eigenvalue weighted by atomic mass is 32.2. The van der Waals surface area contributed by atoms with Gasteiger partial charge in [-0.05, 0) is 51.3 Å². The topological polar surface area (TPSA) is 105 Å². The van der Waals surface area contributed by atoms with Crippen molar-refractivity contribution < 1.29 is 22.5 Å². The number of amides is 1. The minimum absolute atomic E-state index is 0.112. The van der Waals surface area contributed by atoms with E-state index in [4.69, 9.17) is 9.26 Å². The van der Waals surface area contributed by atoms with E-state index < -0.39 is 10.0 Å². The SMILES string of the molecule is Cc1noc(C)c1CC(=O)Nc1cc(S(=O)(=O)N2CCOCC2)ccc1N1CCCCC1. The van der Waals surface area contributed by atoms with Crippen molar-refractivity contribution in [2.24, 2.45) is 0 Å². The third-order valence-corrected chi connectivity index (χ3v) is 7.96. The highest BCUT2D eigenvalue weighted by Crippen LogP contribution is 2.32. The molecule has 2 aromatic rings. The summed E-state index contributed by atoms with van der Waals surface area (Å²) in [6.45, 7) is 6.74. The molecule has 10 heteroatoms. The standard InChI is InChI=1S/C22H30N4O5S/c1-16-19(17(2)31-24-16)15-22(27)23-20-14-18(32(28,29)26-10-12-30-13-11-26)6-7-21(20)25-8-4-3-5-9-25/h6-7,14H,3-5,8-13,15H2,1-2H3,(H,23,27). The lowest BCUT2D eigenvalue weighted by atomic mass is 10.1. The van der Waals surface area contributed by atoms with E-state index in [0.717, 1.165) is 37.2 Å². The second kappa shape index (κ2) is 9.60. The van der Waals surface area contributed by atoms with Gasteiger partial charge in [-0.2, -0.15) is 4.31 Å². The predicted molar refractivity (Wildman–Crippen MR) is 120 cm³/mol. The Morgan fingerprint density at radius 1 is 1.09 bits per heavy atom. The Morgan fingerprint density at radius 2 is 1.81 bits per heavy atom. The number of sulfonamides is 1. The van der Waals surface area contributed by atoms with E-state index in [0.29, 0.717) is 43.4 Å². The molecule has 0 radical (unpaired) electrons. The van der Waals surface area contributed by atoms with Crippen LogP contribution in [0.15, 0.2) is 27.6 Å². The average Bonchev–Trinajstić information content (AvgIpc) is 3.12. The zero-order valence-electron chi connectivity index (χ0n) is 18.6. The van der Waals surface area contributed by atoms with Gasteiger partial charge in [0.2, 0.25) is 15.9 Å². The zero-order valence-corrected chi connectivity index (χ0v) is 19.4. The maximum absolute atomic E-state index is 13.2. The molecule has 1 aromatic carbocycles. The van der Waals surface area contributed by atoms with Crippen LogP contribution in [0.1, 0.15) is 36.3 Å². The number of nitrogens with zero attached hydrogens (tertiary/aromatic N) is 3. The van der Waals surface area contributed by atoms with Crippen LogP contribution in [-0.4, -0.2) is 63.2 Å². The average molecular weight is 463 g/mol. The zero-order chi connectivity index (χ0) is 22.7. The first-order valence-corrected chi connectivity index (χ1v) is 12.5. The van der Waals surface area contributed by atoms with Gasteiger partial charge in [-0.15, -0.1) is 0 Å². The molecule has 1 amide bonds. The summed E-state index contributed by atoms with van der Waals surface area (Å²) in [4.78, 5) is 15.3. The molecule has 2 aliphatic heterocycles. The second-order valence-electron chi connectivity index (χ2n) is 8.27. The van der Waals surface area contributed by atoms with Crippen molar-refractivity contribution in [3.63, 3.8) is 0 Å². The minimum atomic E-state index is -3.67. The van der Waals surface area contributed by atoms with E-state index in [-0.39, 0.29) is 17.2 Å². The van der Waals surface area contributed by atoms with Crippen LogP contribution in [0.2, 0.25) is 0 Å². The number of nitrogens with one attached hydrogen (secondary N) is 1. The van der Waals surface area contributed by atoms with Gasteiger partial charge in [0.15, 0.2) is 0 Å². The summed E-state index contributed by atoms with van der Waals surface area (Å²) < 4.78 is 38.3. The highest BCUT2D eigenvalue weighted by Gasteiger charge is 2.28. The van der Waals surface area contributed by atoms with Crippen LogP contribution >= 0.6 is 0 Å². The molecule has 1 N–H and O–H groups in total. The first-order chi connectivity index (χ1) is 15.4. The first-order valence-electron chi connectivity index (χ1n) is 11.0. The number of carbonyl (C=O) groups excluding carboxylic acids is 1. The van der Waals surface area contributed by atoms with Gasteiger partial charge in [0.05, 0.1) is 41.6 Å². The van der Waals surface area contributed by atoms with E-state index in [1.807, 2.05) is 6.07 Å². The lowest BCUT2D eigenvalue weighted by Crippen LogP contribution is -2.40. The van der Waals surface area contributed by atoms with E-state index in [2.05, 4.69) is 15.4 Å². The number of aromatic nitrogens is 1. The molecule has 0 bridgehead atoms. The summed E-state index contributed by atoms with van der Waals surface area (Å²) in [7, 11) is -3.67. The molecule has 4 rings (SSSR count). The largest absolute Gasteiger partial charge is 0.379 e. The lowest BCUT2D eigenvalue weighted by Gasteiger charge is -2.31. The van der Waals surface area contributed by atoms with Gasteiger partial charge < -0.3 is 19.5 Å². The van der Waals surface area contributed by atoms with E-state index in [1.54, 1.807) is 26.0 Å². The number of aryl methyl sites for hydroxylation is 2. The van der Waals surface area contributed by atoms with Crippen molar-refractivity contribution in [3.8, 4) is 0 Å². The van der Waals surface area contributed by atoms with Crippen LogP contribution in [0.25, 0.3) is 0 Å². The van der Waals surface area contributed by atoms with Crippen LogP contribution in [-0.2, 0) is 26.0 Å². The molecule has 32 heavy (non-hydrogen) atoms. The highest BCUT2D eigenvalue weighted by molar-refractivity contribution is 7.89. The van der Waals surface area contributed by atoms with Gasteiger partial charge in [0, 0.05) is 31.7 Å². The normalized spacial score (nSPS) is 18.0. The number of carbonyl (C=O) groups is 1. The molecule has 2 saturated heterocycles. The Morgan fingerprint density at radius 3 is 2.47 bits per heavy atom. The molecule has 0 aliphatic carbocycles. The second-order valence-corrected chi connectivity index (χ2v) is 10.2. The summed E-state index contributed by atoms with van der Waals surface area (Å²) >= 11 is 0.